The number of carbonyl (C=O) groups excluding carboxylic acids is 1. The fourth-order valence-electron chi connectivity index (χ4n) is 1.47. The van der Waals surface area contributed by atoms with Crippen molar-refractivity contribution in [3.63, 3.8) is 0 Å². The predicted molar refractivity (Wildman–Crippen MR) is 48.6 cm³/mol. The van der Waals surface area contributed by atoms with Crippen LogP contribution in [0.15, 0.2) is 0 Å². The fourth-order valence-corrected chi connectivity index (χ4v) is 1.47. The first-order chi connectivity index (χ1) is 6.26. The molecule has 0 aromatic carbocycles. The lowest BCUT2D eigenvalue weighted by Crippen LogP contribution is -2.25. The van der Waals surface area contributed by atoms with Crippen molar-refractivity contribution in [1.29, 1.82) is 0 Å². The second kappa shape index (κ2) is 5.07. The Labute approximate surface area is 78.8 Å². The van der Waals surface area contributed by atoms with E-state index in [1.807, 2.05) is 0 Å². The van der Waals surface area contributed by atoms with Gasteiger partial charge in [0, 0.05) is 13.1 Å². The van der Waals surface area contributed by atoms with Crippen molar-refractivity contribution in [3.8, 4) is 0 Å². The van der Waals surface area contributed by atoms with E-state index in [2.05, 4.69) is 11.8 Å². The molecule has 0 N–H and O–H groups in total. The zero-order valence-electron chi connectivity index (χ0n) is 8.28. The van der Waals surface area contributed by atoms with Gasteiger partial charge < -0.3 is 9.47 Å². The van der Waals surface area contributed by atoms with Crippen molar-refractivity contribution in [1.82, 2.24) is 4.90 Å². The van der Waals surface area contributed by atoms with E-state index >= 15 is 0 Å². The maximum Gasteiger partial charge on any atom is 0.508 e. The number of nitrogens with zero attached hydrogens (tertiary/aromatic N) is 1. The zero-order chi connectivity index (χ0) is 9.68. The maximum atomic E-state index is 10.9. The third-order valence-corrected chi connectivity index (χ3v) is 2.20. The molecule has 0 amide bonds. The molecule has 1 aliphatic heterocycles. The largest absolute Gasteiger partial charge is 0.508 e. The minimum Gasteiger partial charge on any atom is -0.435 e. The highest BCUT2D eigenvalue weighted by Crippen LogP contribution is 2.12. The molecular weight excluding hydrogens is 170 g/mol. The van der Waals surface area contributed by atoms with Gasteiger partial charge in [0.1, 0.15) is 6.10 Å². The third kappa shape index (κ3) is 3.22. The van der Waals surface area contributed by atoms with Crippen molar-refractivity contribution in [3.05, 3.63) is 0 Å². The van der Waals surface area contributed by atoms with Crippen LogP contribution in [0.1, 0.15) is 20.3 Å². The maximum absolute atomic E-state index is 10.9. The molecule has 1 fully saturated rings. The van der Waals surface area contributed by atoms with Gasteiger partial charge in [-0.25, -0.2) is 4.79 Å². The van der Waals surface area contributed by atoms with Crippen LogP contribution in [0.5, 0.6) is 0 Å². The average molecular weight is 187 g/mol. The summed E-state index contributed by atoms with van der Waals surface area (Å²) in [6, 6.07) is 0. The molecule has 0 saturated carbocycles. The summed E-state index contributed by atoms with van der Waals surface area (Å²) in [6.45, 7) is 7.13. The summed E-state index contributed by atoms with van der Waals surface area (Å²) in [5.74, 6) is 0. The molecule has 76 valence electrons. The van der Waals surface area contributed by atoms with Crippen LogP contribution in [0.25, 0.3) is 0 Å². The molecule has 0 aromatic heterocycles. The molecule has 4 heteroatoms. The van der Waals surface area contributed by atoms with E-state index in [9.17, 15) is 4.79 Å². The Morgan fingerprint density at radius 3 is 2.85 bits per heavy atom. The van der Waals surface area contributed by atoms with Gasteiger partial charge in [-0.1, -0.05) is 6.92 Å². The topological polar surface area (TPSA) is 38.8 Å². The Hall–Kier alpha value is -0.770. The summed E-state index contributed by atoms with van der Waals surface area (Å²) in [7, 11) is 0. The summed E-state index contributed by atoms with van der Waals surface area (Å²) in [5.41, 5.74) is 0. The smallest absolute Gasteiger partial charge is 0.435 e. The number of hydrogen-bond donors (Lipinski definition) is 0. The molecule has 1 saturated heterocycles. The molecule has 1 heterocycles. The molecule has 0 radical (unpaired) electrons. The number of hydrogen-bond acceptors (Lipinski definition) is 4. The molecule has 1 aliphatic rings. The molecular formula is C9H17NO3. The van der Waals surface area contributed by atoms with Crippen LogP contribution in [-0.4, -0.2) is 43.4 Å². The summed E-state index contributed by atoms with van der Waals surface area (Å²) in [5, 5.41) is 0. The lowest BCUT2D eigenvalue weighted by Gasteiger charge is -2.13. The van der Waals surface area contributed by atoms with Crippen molar-refractivity contribution in [2.75, 3.05) is 26.2 Å². The minimum atomic E-state index is -0.537. The van der Waals surface area contributed by atoms with Crippen LogP contribution in [0.4, 0.5) is 4.79 Å². The number of carbonyl (C=O) groups is 1. The number of rotatable bonds is 3. The monoisotopic (exact) mass is 187 g/mol. The zero-order valence-corrected chi connectivity index (χ0v) is 8.28. The second-order valence-corrected chi connectivity index (χ2v) is 3.10. The normalized spacial score (nSPS) is 23.1. The van der Waals surface area contributed by atoms with Crippen LogP contribution in [0.2, 0.25) is 0 Å². The Morgan fingerprint density at radius 2 is 2.31 bits per heavy atom. The van der Waals surface area contributed by atoms with Gasteiger partial charge in [0.05, 0.1) is 6.61 Å². The summed E-state index contributed by atoms with van der Waals surface area (Å²) < 4.78 is 9.77. The van der Waals surface area contributed by atoms with E-state index in [-0.39, 0.29) is 6.10 Å². The van der Waals surface area contributed by atoms with Crippen LogP contribution < -0.4 is 0 Å². The van der Waals surface area contributed by atoms with E-state index in [0.717, 1.165) is 26.1 Å². The molecule has 0 aromatic rings. The fraction of sp³-hybridized carbons (Fsp3) is 0.889. The highest BCUT2D eigenvalue weighted by Gasteiger charge is 2.24. The molecule has 4 nitrogen and oxygen atoms in total. The van der Waals surface area contributed by atoms with Crippen LogP contribution in [0, 0.1) is 0 Å². The Morgan fingerprint density at radius 1 is 1.54 bits per heavy atom. The van der Waals surface area contributed by atoms with Gasteiger partial charge in [0.25, 0.3) is 0 Å². The summed E-state index contributed by atoms with van der Waals surface area (Å²) in [4.78, 5) is 13.2. The van der Waals surface area contributed by atoms with Gasteiger partial charge in [-0.15, -0.1) is 0 Å². The van der Waals surface area contributed by atoms with Gasteiger partial charge in [-0.05, 0) is 19.9 Å². The van der Waals surface area contributed by atoms with E-state index < -0.39 is 6.16 Å². The van der Waals surface area contributed by atoms with E-state index in [1.165, 1.54) is 0 Å². The first-order valence-electron chi connectivity index (χ1n) is 4.82. The first kappa shape index (κ1) is 10.3. The molecule has 0 aliphatic carbocycles. The highest BCUT2D eigenvalue weighted by atomic mass is 16.7. The standard InChI is InChI=1S/C9H17NO3/c1-3-10-6-5-8(7-10)13-9(11)12-4-2/h8H,3-7H2,1-2H3. The van der Waals surface area contributed by atoms with Crippen LogP contribution in [-0.2, 0) is 9.47 Å². The van der Waals surface area contributed by atoms with Crippen molar-refractivity contribution >= 4 is 6.16 Å². The first-order valence-corrected chi connectivity index (χ1v) is 4.82. The van der Waals surface area contributed by atoms with E-state index in [4.69, 9.17) is 9.47 Å². The van der Waals surface area contributed by atoms with E-state index in [0.29, 0.717) is 6.61 Å². The highest BCUT2D eigenvalue weighted by molar-refractivity contribution is 5.60. The van der Waals surface area contributed by atoms with Gasteiger partial charge in [0.15, 0.2) is 0 Å². The van der Waals surface area contributed by atoms with Gasteiger partial charge in [0.2, 0.25) is 0 Å². The molecule has 13 heavy (non-hydrogen) atoms. The van der Waals surface area contributed by atoms with Crippen LogP contribution in [0.3, 0.4) is 0 Å². The average Bonchev–Trinajstić information content (AvgIpc) is 2.52. The predicted octanol–water partition coefficient (Wildman–Crippen LogP) is 1.25. The van der Waals surface area contributed by atoms with Gasteiger partial charge in [-0.3, -0.25) is 4.90 Å². The Balaban J connectivity index is 2.19. The summed E-state index contributed by atoms with van der Waals surface area (Å²) >= 11 is 0. The van der Waals surface area contributed by atoms with E-state index in [1.54, 1.807) is 6.92 Å². The second-order valence-electron chi connectivity index (χ2n) is 3.10. The molecule has 0 bridgehead atoms. The number of ether oxygens (including phenoxy) is 2. The Bertz CT molecular complexity index is 172. The minimum absolute atomic E-state index is 0.0269. The lowest BCUT2D eigenvalue weighted by molar-refractivity contribution is 0.0295. The lowest BCUT2D eigenvalue weighted by atomic mass is 10.3. The molecule has 1 atom stereocenters. The Kier molecular flexibility index (Phi) is 4.02. The summed E-state index contributed by atoms with van der Waals surface area (Å²) in [6.07, 6.45) is 0.414. The molecule has 1 unspecified atom stereocenters. The van der Waals surface area contributed by atoms with Gasteiger partial charge in [-0.2, -0.15) is 0 Å². The third-order valence-electron chi connectivity index (χ3n) is 2.20. The quantitative estimate of drug-likeness (QED) is 0.623. The van der Waals surface area contributed by atoms with Crippen LogP contribution >= 0.6 is 0 Å². The van der Waals surface area contributed by atoms with Crippen molar-refractivity contribution in [2.24, 2.45) is 0 Å². The van der Waals surface area contributed by atoms with Crippen molar-refractivity contribution in [2.45, 2.75) is 26.4 Å². The van der Waals surface area contributed by atoms with Gasteiger partial charge >= 0.3 is 6.16 Å². The van der Waals surface area contributed by atoms with Crippen molar-refractivity contribution < 1.29 is 14.3 Å². The number of likely N-dealkylation sites (N-methyl/N-ethyl adjacent to an activating group) is 1. The SMILES string of the molecule is CCOC(=O)OC1CCN(CC)C1. The molecule has 0 spiro atoms. The molecule has 1 rings (SSSR count). The number of likely N-dealkylation sites (tertiary alicyclic amines) is 1.